The molecule has 1 atom stereocenters. The van der Waals surface area contributed by atoms with Crippen molar-refractivity contribution < 1.29 is 26.9 Å². The van der Waals surface area contributed by atoms with E-state index in [0.29, 0.717) is 17.4 Å². The Morgan fingerprint density at radius 3 is 2.44 bits per heavy atom. The van der Waals surface area contributed by atoms with Gasteiger partial charge >= 0.3 is 6.18 Å². The summed E-state index contributed by atoms with van der Waals surface area (Å²) in [7, 11) is 3.79. The number of primary amides is 1. The number of methoxy groups -OCH3 is 1. The molecule has 3 aromatic rings. The molecule has 0 aliphatic carbocycles. The lowest BCUT2D eigenvalue weighted by Crippen LogP contribution is -2.21. The van der Waals surface area contributed by atoms with Gasteiger partial charge in [0.25, 0.3) is 0 Å². The predicted octanol–water partition coefficient (Wildman–Crippen LogP) is 5.36. The van der Waals surface area contributed by atoms with Gasteiger partial charge in [-0.1, -0.05) is 23.7 Å². The second-order valence-corrected chi connectivity index (χ2v) is 11.7. The molecule has 2 aromatic carbocycles. The number of hydrogen-bond acceptors (Lipinski definition) is 8. The fraction of sp³-hybridized carbons (Fsp3) is 0.393. The van der Waals surface area contributed by atoms with E-state index < -0.39 is 34.5 Å². The van der Waals surface area contributed by atoms with E-state index in [1.54, 1.807) is 25.2 Å². The Morgan fingerprint density at radius 1 is 1.23 bits per heavy atom. The number of rotatable bonds is 9. The van der Waals surface area contributed by atoms with E-state index in [1.165, 1.54) is 55.7 Å². The molecule has 2 heterocycles. The zero-order valence-corrected chi connectivity index (χ0v) is 26.1. The number of anilines is 4. The van der Waals surface area contributed by atoms with Gasteiger partial charge in [0, 0.05) is 26.0 Å². The lowest BCUT2D eigenvalue weighted by Gasteiger charge is -2.21. The van der Waals surface area contributed by atoms with Crippen LogP contribution in [0.15, 0.2) is 36.5 Å². The van der Waals surface area contributed by atoms with E-state index in [0.717, 1.165) is 5.56 Å². The summed E-state index contributed by atoms with van der Waals surface area (Å²) in [4.78, 5) is 21.7. The van der Waals surface area contributed by atoms with E-state index in [1.807, 2.05) is 6.92 Å². The van der Waals surface area contributed by atoms with Gasteiger partial charge in [0.15, 0.2) is 0 Å². The van der Waals surface area contributed by atoms with Crippen molar-refractivity contribution in [3.05, 3.63) is 63.8 Å². The van der Waals surface area contributed by atoms with Crippen LogP contribution in [0.5, 0.6) is 5.75 Å². The number of aromatic nitrogens is 2. The minimum absolute atomic E-state index is 0.00499. The highest BCUT2D eigenvalue weighted by Crippen LogP contribution is 2.36. The number of alkyl halides is 3. The van der Waals surface area contributed by atoms with Gasteiger partial charge in [-0.25, -0.2) is 9.19 Å². The number of hydrogen-bond donors (Lipinski definition) is 3. The molecule has 4 rings (SSSR count). The number of halogens is 4. The Labute approximate surface area is 256 Å². The summed E-state index contributed by atoms with van der Waals surface area (Å²) in [6.45, 7) is 4.45. The van der Waals surface area contributed by atoms with Crippen LogP contribution < -0.4 is 25.4 Å². The summed E-state index contributed by atoms with van der Waals surface area (Å²) in [5, 5.41) is 5.49. The molecule has 1 fully saturated rings. The van der Waals surface area contributed by atoms with Crippen LogP contribution in [0.1, 0.15) is 39.9 Å². The number of carbonyl (C=O) groups excluding carboxylic acids is 1. The fourth-order valence-electron chi connectivity index (χ4n) is 4.22. The van der Waals surface area contributed by atoms with Gasteiger partial charge in [-0.15, -0.1) is 0 Å². The summed E-state index contributed by atoms with van der Waals surface area (Å²) < 4.78 is 59.9. The SMILES string of the molecule is CN1CCCC1.COc1cc(C(N)=O)c(Cl)cc1Nc1ncc(C(F)(F)F)c(NCc2ccc(C)cc2N(C)S(C)=O)n1. The molecule has 1 aliphatic heterocycles. The molecule has 234 valence electrons. The molecule has 1 unspecified atom stereocenters. The number of likely N-dealkylation sites (tertiary alicyclic amines) is 1. The molecule has 1 aliphatic rings. The standard InChI is InChI=1S/C23H24ClF3N6O3S.C5H11N/c1-12-5-6-13(18(7-12)33(2)37(4)35)10-29-21-15(23(25,26)27)11-30-22(32-21)31-17-9-16(24)14(20(28)34)8-19(17)36-3;1-6-4-2-3-5-6/h5-9,11H,10H2,1-4H3,(H2,28,34)(H2,29,30,31,32);2-5H2,1H3. The van der Waals surface area contributed by atoms with Crippen LogP contribution in [0.4, 0.5) is 36.3 Å². The molecule has 43 heavy (non-hydrogen) atoms. The highest BCUT2D eigenvalue weighted by atomic mass is 35.5. The first-order chi connectivity index (χ1) is 20.2. The third kappa shape index (κ3) is 9.18. The predicted molar refractivity (Wildman–Crippen MR) is 165 cm³/mol. The number of aryl methyl sites for hydroxylation is 1. The Morgan fingerprint density at radius 2 is 1.91 bits per heavy atom. The van der Waals surface area contributed by atoms with E-state index in [4.69, 9.17) is 22.1 Å². The van der Waals surface area contributed by atoms with Crippen LogP contribution in [0.25, 0.3) is 0 Å². The molecule has 0 saturated carbocycles. The summed E-state index contributed by atoms with van der Waals surface area (Å²) in [5.74, 6) is -1.29. The average molecular weight is 642 g/mol. The Balaban J connectivity index is 0.000000749. The van der Waals surface area contributed by atoms with E-state index >= 15 is 0 Å². The largest absolute Gasteiger partial charge is 0.495 e. The van der Waals surface area contributed by atoms with Gasteiger partial charge in [0.2, 0.25) is 11.9 Å². The molecule has 1 saturated heterocycles. The van der Waals surface area contributed by atoms with Gasteiger partial charge < -0.3 is 26.0 Å². The number of amides is 1. The maximum absolute atomic E-state index is 13.7. The van der Waals surface area contributed by atoms with Crippen LogP contribution in [-0.4, -0.2) is 65.5 Å². The molecular formula is C28H35ClF3N7O3S. The first-order valence-electron chi connectivity index (χ1n) is 13.2. The van der Waals surface area contributed by atoms with Gasteiger partial charge in [-0.3, -0.25) is 9.10 Å². The first kappa shape index (κ1) is 33.9. The number of nitrogens with one attached hydrogen (secondary N) is 2. The molecule has 1 aromatic heterocycles. The number of carbonyl (C=O) groups is 1. The van der Waals surface area contributed by atoms with Crippen molar-refractivity contribution in [2.75, 3.05) is 55.5 Å². The van der Waals surface area contributed by atoms with Crippen molar-refractivity contribution in [2.24, 2.45) is 5.73 Å². The van der Waals surface area contributed by atoms with Crippen molar-refractivity contribution in [1.82, 2.24) is 14.9 Å². The molecule has 10 nitrogen and oxygen atoms in total. The molecular weight excluding hydrogens is 607 g/mol. The molecule has 0 spiro atoms. The number of nitrogens with two attached hydrogens (primary N) is 1. The van der Waals surface area contributed by atoms with Crippen molar-refractivity contribution in [3.63, 3.8) is 0 Å². The maximum Gasteiger partial charge on any atom is 0.421 e. The van der Waals surface area contributed by atoms with Gasteiger partial charge in [-0.2, -0.15) is 18.2 Å². The average Bonchev–Trinajstić information content (AvgIpc) is 3.42. The summed E-state index contributed by atoms with van der Waals surface area (Å²) in [6.07, 6.45) is 0.239. The minimum Gasteiger partial charge on any atom is -0.495 e. The first-order valence-corrected chi connectivity index (χ1v) is 15.1. The van der Waals surface area contributed by atoms with Crippen molar-refractivity contribution in [1.29, 1.82) is 0 Å². The van der Waals surface area contributed by atoms with Crippen LogP contribution in [0, 0.1) is 6.92 Å². The highest BCUT2D eigenvalue weighted by molar-refractivity contribution is 7.85. The Hall–Kier alpha value is -3.62. The van der Waals surface area contributed by atoms with E-state index in [-0.39, 0.29) is 34.5 Å². The third-order valence-electron chi connectivity index (χ3n) is 6.64. The summed E-state index contributed by atoms with van der Waals surface area (Å²) in [6, 6.07) is 7.96. The Bertz CT molecular complexity index is 1470. The quantitative estimate of drug-likeness (QED) is 0.285. The zero-order valence-electron chi connectivity index (χ0n) is 24.5. The topological polar surface area (TPSA) is 126 Å². The smallest absolute Gasteiger partial charge is 0.421 e. The van der Waals surface area contributed by atoms with Crippen LogP contribution in [0.3, 0.4) is 0 Å². The van der Waals surface area contributed by atoms with Crippen molar-refractivity contribution in [3.8, 4) is 5.75 Å². The van der Waals surface area contributed by atoms with Crippen LogP contribution >= 0.6 is 11.6 Å². The highest BCUT2D eigenvalue weighted by Gasteiger charge is 2.35. The lowest BCUT2D eigenvalue weighted by atomic mass is 10.1. The van der Waals surface area contributed by atoms with Crippen LogP contribution in [0.2, 0.25) is 5.02 Å². The zero-order chi connectivity index (χ0) is 31.9. The van der Waals surface area contributed by atoms with Gasteiger partial charge in [0.1, 0.15) is 28.1 Å². The molecule has 0 radical (unpaired) electrons. The molecule has 1 amide bonds. The van der Waals surface area contributed by atoms with Gasteiger partial charge in [0.05, 0.1) is 29.1 Å². The lowest BCUT2D eigenvalue weighted by molar-refractivity contribution is -0.137. The van der Waals surface area contributed by atoms with E-state index in [9.17, 15) is 22.2 Å². The fourth-order valence-corrected chi connectivity index (χ4v) is 4.93. The number of nitrogens with zero attached hydrogens (tertiary/aromatic N) is 4. The third-order valence-corrected chi connectivity index (χ3v) is 7.92. The minimum atomic E-state index is -4.73. The molecule has 15 heteroatoms. The van der Waals surface area contributed by atoms with Crippen molar-refractivity contribution in [2.45, 2.75) is 32.5 Å². The van der Waals surface area contributed by atoms with E-state index in [2.05, 4.69) is 32.5 Å². The van der Waals surface area contributed by atoms with Crippen molar-refractivity contribution >= 4 is 51.6 Å². The summed E-state index contributed by atoms with van der Waals surface area (Å²) in [5.41, 5.74) is 6.54. The second kappa shape index (κ2) is 14.7. The normalized spacial score (nSPS) is 14.0. The van der Waals surface area contributed by atoms with Crippen LogP contribution in [-0.2, 0) is 23.7 Å². The number of ether oxygens (including phenoxy) is 1. The van der Waals surface area contributed by atoms with Gasteiger partial charge in [-0.05, 0) is 69.2 Å². The monoisotopic (exact) mass is 641 g/mol. The molecule has 0 bridgehead atoms. The maximum atomic E-state index is 13.7. The molecule has 4 N–H and O–H groups in total. The number of benzene rings is 2. The second-order valence-electron chi connectivity index (χ2n) is 9.89. The Kier molecular flexibility index (Phi) is 11.6. The summed E-state index contributed by atoms with van der Waals surface area (Å²) >= 11 is 6.10.